The van der Waals surface area contributed by atoms with Gasteiger partial charge in [-0.05, 0) is 41.0 Å². The first-order valence-electron chi connectivity index (χ1n) is 4.92. The van der Waals surface area contributed by atoms with E-state index in [1.165, 1.54) is 0 Å². The monoisotopic (exact) mass is 257 g/mol. The summed E-state index contributed by atoms with van der Waals surface area (Å²) in [6.07, 6.45) is 1.16. The highest BCUT2D eigenvalue weighted by Crippen LogP contribution is 2.23. The lowest BCUT2D eigenvalue weighted by Crippen LogP contribution is -2.21. The predicted octanol–water partition coefficient (Wildman–Crippen LogP) is 2.83. The molecule has 0 aliphatic rings. The first-order valence-corrected chi connectivity index (χ1v) is 5.72. The van der Waals surface area contributed by atoms with Gasteiger partial charge >= 0.3 is 0 Å². The number of rotatable bonds is 6. The zero-order valence-electron chi connectivity index (χ0n) is 8.42. The molecule has 1 aromatic rings. The molecular weight excluding hydrogens is 242 g/mol. The summed E-state index contributed by atoms with van der Waals surface area (Å²) in [5, 5.41) is 3.28. The maximum atomic E-state index is 5.57. The number of benzene rings is 1. The van der Waals surface area contributed by atoms with E-state index in [1.54, 1.807) is 0 Å². The lowest BCUT2D eigenvalue weighted by molar-refractivity contribution is 0.312. The van der Waals surface area contributed by atoms with Crippen LogP contribution >= 0.6 is 15.9 Å². The van der Waals surface area contributed by atoms with E-state index >= 15 is 0 Å². The molecule has 0 unspecified atom stereocenters. The molecule has 1 aromatic carbocycles. The molecular formula is C11H16BrNO. The van der Waals surface area contributed by atoms with Crippen LogP contribution in [0, 0.1) is 0 Å². The zero-order valence-corrected chi connectivity index (χ0v) is 10.0. The molecule has 0 spiro atoms. The second-order valence-electron chi connectivity index (χ2n) is 3.03. The quantitative estimate of drug-likeness (QED) is 0.792. The summed E-state index contributed by atoms with van der Waals surface area (Å²) in [4.78, 5) is 0. The summed E-state index contributed by atoms with van der Waals surface area (Å²) in [5.41, 5.74) is 0. The van der Waals surface area contributed by atoms with Crippen molar-refractivity contribution in [1.29, 1.82) is 0 Å². The molecule has 0 fully saturated rings. The minimum absolute atomic E-state index is 0.711. The Morgan fingerprint density at radius 2 is 2.07 bits per heavy atom. The van der Waals surface area contributed by atoms with Crippen molar-refractivity contribution in [2.45, 2.75) is 13.3 Å². The lowest BCUT2D eigenvalue weighted by atomic mass is 10.3. The van der Waals surface area contributed by atoms with Gasteiger partial charge in [-0.25, -0.2) is 0 Å². The van der Waals surface area contributed by atoms with Gasteiger partial charge in [-0.3, -0.25) is 0 Å². The second kappa shape index (κ2) is 6.85. The Balaban J connectivity index is 2.21. The van der Waals surface area contributed by atoms with Crippen molar-refractivity contribution in [1.82, 2.24) is 5.32 Å². The first kappa shape index (κ1) is 11.5. The van der Waals surface area contributed by atoms with E-state index < -0.39 is 0 Å². The average molecular weight is 258 g/mol. The van der Waals surface area contributed by atoms with Crippen LogP contribution in [0.4, 0.5) is 0 Å². The van der Waals surface area contributed by atoms with E-state index in [0.29, 0.717) is 6.61 Å². The minimum atomic E-state index is 0.711. The molecule has 0 atom stereocenters. The van der Waals surface area contributed by atoms with Gasteiger partial charge in [-0.15, -0.1) is 0 Å². The highest BCUT2D eigenvalue weighted by Gasteiger charge is 1.97. The molecule has 2 nitrogen and oxygen atoms in total. The van der Waals surface area contributed by atoms with Crippen molar-refractivity contribution >= 4 is 15.9 Å². The van der Waals surface area contributed by atoms with Gasteiger partial charge < -0.3 is 10.1 Å². The number of hydrogen-bond donors (Lipinski definition) is 1. The van der Waals surface area contributed by atoms with E-state index in [2.05, 4.69) is 28.2 Å². The molecule has 1 N–H and O–H groups in total. The van der Waals surface area contributed by atoms with Crippen LogP contribution in [0.1, 0.15) is 13.3 Å². The molecule has 78 valence electrons. The lowest BCUT2D eigenvalue weighted by Gasteiger charge is -2.08. The third-order valence-electron chi connectivity index (χ3n) is 1.80. The van der Waals surface area contributed by atoms with Crippen LogP contribution in [-0.2, 0) is 0 Å². The Labute approximate surface area is 93.8 Å². The molecule has 0 radical (unpaired) electrons. The number of halogens is 1. The number of hydrogen-bond acceptors (Lipinski definition) is 2. The molecule has 1 rings (SSSR count). The normalized spacial score (nSPS) is 10.1. The molecule has 14 heavy (non-hydrogen) atoms. The van der Waals surface area contributed by atoms with Crippen LogP contribution in [0.3, 0.4) is 0 Å². The summed E-state index contributed by atoms with van der Waals surface area (Å²) < 4.78 is 6.58. The smallest absolute Gasteiger partial charge is 0.133 e. The van der Waals surface area contributed by atoms with Crippen LogP contribution in [-0.4, -0.2) is 19.7 Å². The van der Waals surface area contributed by atoms with Crippen molar-refractivity contribution in [2.24, 2.45) is 0 Å². The van der Waals surface area contributed by atoms with E-state index in [1.807, 2.05) is 24.3 Å². The summed E-state index contributed by atoms with van der Waals surface area (Å²) in [5.74, 6) is 0.908. The van der Waals surface area contributed by atoms with Crippen molar-refractivity contribution in [3.63, 3.8) is 0 Å². The van der Waals surface area contributed by atoms with Gasteiger partial charge in [-0.1, -0.05) is 19.1 Å². The second-order valence-corrected chi connectivity index (χ2v) is 3.88. The molecule has 3 heteroatoms. The molecule has 0 aliphatic heterocycles. The Hall–Kier alpha value is -0.540. The Bertz CT molecular complexity index is 265. The van der Waals surface area contributed by atoms with Gasteiger partial charge in [0.1, 0.15) is 12.4 Å². The van der Waals surface area contributed by atoms with Gasteiger partial charge in [0.2, 0.25) is 0 Å². The number of nitrogens with one attached hydrogen (secondary N) is 1. The Morgan fingerprint density at radius 3 is 2.79 bits per heavy atom. The third-order valence-corrected chi connectivity index (χ3v) is 2.45. The van der Waals surface area contributed by atoms with Crippen LogP contribution < -0.4 is 10.1 Å². The highest BCUT2D eigenvalue weighted by molar-refractivity contribution is 9.10. The molecule has 0 saturated carbocycles. The summed E-state index contributed by atoms with van der Waals surface area (Å²) in [7, 11) is 0. The van der Waals surface area contributed by atoms with Crippen molar-refractivity contribution in [3.8, 4) is 5.75 Å². The van der Waals surface area contributed by atoms with Gasteiger partial charge in [0.25, 0.3) is 0 Å². The standard InChI is InChI=1S/C11H16BrNO/c1-2-7-13-8-9-14-11-6-4-3-5-10(11)12/h3-6,13H,2,7-9H2,1H3. The van der Waals surface area contributed by atoms with E-state index in [0.717, 1.165) is 29.7 Å². The summed E-state index contributed by atoms with van der Waals surface area (Å²) in [6, 6.07) is 7.89. The fraction of sp³-hybridized carbons (Fsp3) is 0.455. The largest absolute Gasteiger partial charge is 0.491 e. The molecule has 0 amide bonds. The maximum Gasteiger partial charge on any atom is 0.133 e. The van der Waals surface area contributed by atoms with Crippen LogP contribution in [0.5, 0.6) is 5.75 Å². The third kappa shape index (κ3) is 4.11. The fourth-order valence-electron chi connectivity index (χ4n) is 1.10. The van der Waals surface area contributed by atoms with Gasteiger partial charge in [-0.2, -0.15) is 0 Å². The SMILES string of the molecule is CCCNCCOc1ccccc1Br. The highest BCUT2D eigenvalue weighted by atomic mass is 79.9. The molecule has 0 saturated heterocycles. The van der Waals surface area contributed by atoms with E-state index in [-0.39, 0.29) is 0 Å². The van der Waals surface area contributed by atoms with Crippen LogP contribution in [0.25, 0.3) is 0 Å². The van der Waals surface area contributed by atoms with Gasteiger partial charge in [0.05, 0.1) is 4.47 Å². The van der Waals surface area contributed by atoms with Crippen LogP contribution in [0.2, 0.25) is 0 Å². The average Bonchev–Trinajstić information content (AvgIpc) is 2.20. The predicted molar refractivity (Wildman–Crippen MR) is 62.8 cm³/mol. The Morgan fingerprint density at radius 1 is 1.29 bits per heavy atom. The first-order chi connectivity index (χ1) is 6.84. The number of para-hydroxylation sites is 1. The van der Waals surface area contributed by atoms with Crippen molar-refractivity contribution in [2.75, 3.05) is 19.7 Å². The zero-order chi connectivity index (χ0) is 10.2. The molecule has 0 aromatic heterocycles. The Kier molecular flexibility index (Phi) is 5.64. The summed E-state index contributed by atoms with van der Waals surface area (Å²) >= 11 is 3.43. The molecule has 0 bridgehead atoms. The topological polar surface area (TPSA) is 21.3 Å². The van der Waals surface area contributed by atoms with Crippen molar-refractivity contribution < 1.29 is 4.74 Å². The number of ether oxygens (including phenoxy) is 1. The van der Waals surface area contributed by atoms with Gasteiger partial charge in [0, 0.05) is 6.54 Å². The van der Waals surface area contributed by atoms with Crippen molar-refractivity contribution in [3.05, 3.63) is 28.7 Å². The fourth-order valence-corrected chi connectivity index (χ4v) is 1.50. The minimum Gasteiger partial charge on any atom is -0.491 e. The molecule has 0 heterocycles. The van der Waals surface area contributed by atoms with Gasteiger partial charge in [0.15, 0.2) is 0 Å². The maximum absolute atomic E-state index is 5.57. The van der Waals surface area contributed by atoms with E-state index in [9.17, 15) is 0 Å². The van der Waals surface area contributed by atoms with E-state index in [4.69, 9.17) is 4.74 Å². The summed E-state index contributed by atoms with van der Waals surface area (Å²) in [6.45, 7) is 4.82. The molecule has 0 aliphatic carbocycles. The van der Waals surface area contributed by atoms with Crippen LogP contribution in [0.15, 0.2) is 28.7 Å².